The number of aromatic nitrogens is 4. The van der Waals surface area contributed by atoms with Gasteiger partial charge in [0, 0.05) is 23.7 Å². The van der Waals surface area contributed by atoms with E-state index in [0.717, 1.165) is 0 Å². The molecule has 0 aliphatic carbocycles. The standard InChI is InChI=1S/C15H15N5OS/c1-11-4-6-22-13(11)8-19(2)15(21)12-3-5-16-14(7-12)20-9-17-18-10-20/h3-7,9-10H,8H2,1-2H3. The number of carbonyl (C=O) groups is 1. The number of amides is 1. The van der Waals surface area contributed by atoms with Crippen molar-refractivity contribution in [1.82, 2.24) is 24.6 Å². The van der Waals surface area contributed by atoms with E-state index in [1.807, 2.05) is 5.38 Å². The maximum absolute atomic E-state index is 12.6. The minimum Gasteiger partial charge on any atom is -0.337 e. The molecule has 0 saturated heterocycles. The molecule has 0 N–H and O–H groups in total. The maximum Gasteiger partial charge on any atom is 0.254 e. The quantitative estimate of drug-likeness (QED) is 0.741. The Morgan fingerprint density at radius 3 is 2.77 bits per heavy atom. The lowest BCUT2D eigenvalue weighted by Crippen LogP contribution is -2.26. The van der Waals surface area contributed by atoms with E-state index in [0.29, 0.717) is 17.9 Å². The molecule has 0 radical (unpaired) electrons. The molecule has 0 aromatic carbocycles. The lowest BCUT2D eigenvalue weighted by Gasteiger charge is -2.17. The fourth-order valence-corrected chi connectivity index (χ4v) is 3.04. The topological polar surface area (TPSA) is 63.9 Å². The molecule has 3 rings (SSSR count). The minimum atomic E-state index is -0.0375. The van der Waals surface area contributed by atoms with Gasteiger partial charge < -0.3 is 4.90 Å². The van der Waals surface area contributed by atoms with Crippen molar-refractivity contribution in [3.05, 3.63) is 58.4 Å². The average molecular weight is 313 g/mol. The summed E-state index contributed by atoms with van der Waals surface area (Å²) in [6.07, 6.45) is 4.72. The van der Waals surface area contributed by atoms with Crippen LogP contribution in [0.3, 0.4) is 0 Å². The summed E-state index contributed by atoms with van der Waals surface area (Å²) in [4.78, 5) is 19.7. The summed E-state index contributed by atoms with van der Waals surface area (Å²) in [7, 11) is 1.81. The van der Waals surface area contributed by atoms with Gasteiger partial charge in [-0.15, -0.1) is 21.5 Å². The van der Waals surface area contributed by atoms with E-state index in [2.05, 4.69) is 28.2 Å². The third kappa shape index (κ3) is 2.89. The Bertz CT molecular complexity index is 781. The third-order valence-electron chi connectivity index (χ3n) is 3.37. The van der Waals surface area contributed by atoms with E-state index in [9.17, 15) is 4.79 Å². The van der Waals surface area contributed by atoms with Crippen molar-refractivity contribution in [2.45, 2.75) is 13.5 Å². The largest absolute Gasteiger partial charge is 0.337 e. The molecule has 112 valence electrons. The van der Waals surface area contributed by atoms with Crippen molar-refractivity contribution in [1.29, 1.82) is 0 Å². The fraction of sp³-hybridized carbons (Fsp3) is 0.200. The van der Waals surface area contributed by atoms with Crippen LogP contribution in [-0.2, 0) is 6.54 Å². The van der Waals surface area contributed by atoms with Crippen molar-refractivity contribution in [2.24, 2.45) is 0 Å². The summed E-state index contributed by atoms with van der Waals surface area (Å²) >= 11 is 1.66. The average Bonchev–Trinajstić information content (AvgIpc) is 3.19. The molecular formula is C15H15N5OS. The van der Waals surface area contributed by atoms with Crippen LogP contribution >= 0.6 is 11.3 Å². The van der Waals surface area contributed by atoms with Crippen molar-refractivity contribution in [2.75, 3.05) is 7.05 Å². The highest BCUT2D eigenvalue weighted by molar-refractivity contribution is 7.10. The predicted octanol–water partition coefficient (Wildman–Crippen LogP) is 2.30. The Morgan fingerprint density at radius 2 is 2.09 bits per heavy atom. The van der Waals surface area contributed by atoms with Crippen LogP contribution < -0.4 is 0 Å². The van der Waals surface area contributed by atoms with Gasteiger partial charge >= 0.3 is 0 Å². The summed E-state index contributed by atoms with van der Waals surface area (Å²) in [6.45, 7) is 2.66. The molecular weight excluding hydrogens is 298 g/mol. The van der Waals surface area contributed by atoms with Crippen molar-refractivity contribution in [3.8, 4) is 5.82 Å². The van der Waals surface area contributed by atoms with E-state index in [4.69, 9.17) is 0 Å². The van der Waals surface area contributed by atoms with Crippen LogP contribution in [0.15, 0.2) is 42.4 Å². The predicted molar refractivity (Wildman–Crippen MR) is 84.0 cm³/mol. The number of rotatable bonds is 4. The molecule has 22 heavy (non-hydrogen) atoms. The Hall–Kier alpha value is -2.54. The summed E-state index contributed by atoms with van der Waals surface area (Å²) in [5.41, 5.74) is 1.81. The van der Waals surface area contributed by atoms with Crippen molar-refractivity contribution in [3.63, 3.8) is 0 Å². The maximum atomic E-state index is 12.6. The molecule has 0 saturated carbocycles. The van der Waals surface area contributed by atoms with Crippen LogP contribution in [-0.4, -0.2) is 37.6 Å². The second kappa shape index (κ2) is 6.07. The number of hydrogen-bond donors (Lipinski definition) is 0. The van der Waals surface area contributed by atoms with Crippen LogP contribution in [0.25, 0.3) is 5.82 Å². The van der Waals surface area contributed by atoms with Gasteiger partial charge in [-0.3, -0.25) is 9.36 Å². The molecule has 6 nitrogen and oxygen atoms in total. The van der Waals surface area contributed by atoms with Gasteiger partial charge in [0.1, 0.15) is 18.5 Å². The molecule has 0 fully saturated rings. The lowest BCUT2D eigenvalue weighted by atomic mass is 10.2. The number of nitrogens with zero attached hydrogens (tertiary/aromatic N) is 5. The fourth-order valence-electron chi connectivity index (χ4n) is 2.09. The Labute approximate surface area is 132 Å². The molecule has 0 bridgehead atoms. The Balaban J connectivity index is 1.80. The molecule has 1 amide bonds. The van der Waals surface area contributed by atoms with E-state index in [1.54, 1.807) is 58.8 Å². The first-order valence-corrected chi connectivity index (χ1v) is 7.62. The molecule has 0 atom stereocenters. The van der Waals surface area contributed by atoms with Gasteiger partial charge in [0.15, 0.2) is 0 Å². The zero-order chi connectivity index (χ0) is 15.5. The number of hydrogen-bond acceptors (Lipinski definition) is 5. The van der Waals surface area contributed by atoms with Gasteiger partial charge in [0.05, 0.1) is 6.54 Å². The van der Waals surface area contributed by atoms with Crippen LogP contribution in [0.5, 0.6) is 0 Å². The lowest BCUT2D eigenvalue weighted by molar-refractivity contribution is 0.0786. The SMILES string of the molecule is Cc1ccsc1CN(C)C(=O)c1ccnc(-n2cnnc2)c1. The molecule has 0 spiro atoms. The van der Waals surface area contributed by atoms with E-state index in [-0.39, 0.29) is 5.91 Å². The number of thiophene rings is 1. The smallest absolute Gasteiger partial charge is 0.254 e. The third-order valence-corrected chi connectivity index (χ3v) is 4.38. The molecule has 3 aromatic heterocycles. The van der Waals surface area contributed by atoms with Crippen molar-refractivity contribution < 1.29 is 4.79 Å². The van der Waals surface area contributed by atoms with Gasteiger partial charge in [0.25, 0.3) is 5.91 Å². The normalized spacial score (nSPS) is 10.6. The summed E-state index contributed by atoms with van der Waals surface area (Å²) < 4.78 is 1.67. The molecule has 7 heteroatoms. The highest BCUT2D eigenvalue weighted by Gasteiger charge is 2.14. The van der Waals surface area contributed by atoms with E-state index < -0.39 is 0 Å². The monoisotopic (exact) mass is 313 g/mol. The molecule has 0 aliphatic heterocycles. The van der Waals surface area contributed by atoms with Gasteiger partial charge in [-0.2, -0.15) is 0 Å². The summed E-state index contributed by atoms with van der Waals surface area (Å²) in [5.74, 6) is 0.584. The van der Waals surface area contributed by atoms with E-state index >= 15 is 0 Å². The number of carbonyl (C=O) groups excluding carboxylic acids is 1. The molecule has 0 aliphatic rings. The molecule has 3 heterocycles. The van der Waals surface area contributed by atoms with Crippen LogP contribution in [0.2, 0.25) is 0 Å². The molecule has 0 unspecified atom stereocenters. The second-order valence-corrected chi connectivity index (χ2v) is 5.96. The highest BCUT2D eigenvalue weighted by atomic mass is 32.1. The first kappa shape index (κ1) is 14.4. The van der Waals surface area contributed by atoms with Gasteiger partial charge in [-0.25, -0.2) is 4.98 Å². The zero-order valence-electron chi connectivity index (χ0n) is 12.3. The zero-order valence-corrected chi connectivity index (χ0v) is 13.1. The highest BCUT2D eigenvalue weighted by Crippen LogP contribution is 2.18. The number of aryl methyl sites for hydroxylation is 1. The second-order valence-electron chi connectivity index (χ2n) is 4.96. The minimum absolute atomic E-state index is 0.0375. The summed E-state index contributed by atoms with van der Waals surface area (Å²) in [5, 5.41) is 9.53. The van der Waals surface area contributed by atoms with Gasteiger partial charge in [0.2, 0.25) is 0 Å². The molecule has 3 aromatic rings. The van der Waals surface area contributed by atoms with Crippen LogP contribution in [0.4, 0.5) is 0 Å². The summed E-state index contributed by atoms with van der Waals surface area (Å²) in [6, 6.07) is 5.52. The van der Waals surface area contributed by atoms with Gasteiger partial charge in [-0.1, -0.05) is 0 Å². The van der Waals surface area contributed by atoms with E-state index in [1.165, 1.54) is 10.4 Å². The first-order valence-electron chi connectivity index (χ1n) is 6.74. The number of pyridine rings is 1. The van der Waals surface area contributed by atoms with Crippen LogP contribution in [0, 0.1) is 6.92 Å². The first-order chi connectivity index (χ1) is 10.6. The van der Waals surface area contributed by atoms with Gasteiger partial charge in [-0.05, 0) is 36.1 Å². The Kier molecular flexibility index (Phi) is 3.97. The van der Waals surface area contributed by atoms with Crippen LogP contribution in [0.1, 0.15) is 20.8 Å². The Morgan fingerprint density at radius 1 is 1.32 bits per heavy atom. The van der Waals surface area contributed by atoms with Crippen molar-refractivity contribution >= 4 is 17.2 Å².